The van der Waals surface area contributed by atoms with Crippen molar-refractivity contribution in [3.8, 4) is 0 Å². The van der Waals surface area contributed by atoms with Crippen LogP contribution in [0.4, 0.5) is 0 Å². The van der Waals surface area contributed by atoms with E-state index in [-0.39, 0.29) is 11.5 Å². The van der Waals surface area contributed by atoms with Crippen molar-refractivity contribution in [1.29, 1.82) is 0 Å². The first-order chi connectivity index (χ1) is 8.70. The lowest BCUT2D eigenvalue weighted by Gasteiger charge is -2.18. The summed E-state index contributed by atoms with van der Waals surface area (Å²) in [4.78, 5) is 0.405. The summed E-state index contributed by atoms with van der Waals surface area (Å²) in [5, 5.41) is 0. The van der Waals surface area contributed by atoms with E-state index in [1.165, 1.54) is 0 Å². The molecule has 1 atom stereocenters. The van der Waals surface area contributed by atoms with Crippen LogP contribution in [-0.4, -0.2) is 14.5 Å². The number of aryl methyl sites for hydroxylation is 2. The van der Waals surface area contributed by atoms with E-state index < -0.39 is 10.0 Å². The van der Waals surface area contributed by atoms with Gasteiger partial charge in [-0.1, -0.05) is 31.5 Å². The van der Waals surface area contributed by atoms with Gasteiger partial charge in [-0.2, -0.15) is 0 Å². The summed E-state index contributed by atoms with van der Waals surface area (Å²) < 4.78 is 27.7. The molecule has 2 rings (SSSR count). The normalized spacial score (nSPS) is 22.6. The van der Waals surface area contributed by atoms with E-state index in [1.54, 1.807) is 6.07 Å². The molecule has 0 aliphatic heterocycles. The van der Waals surface area contributed by atoms with Gasteiger partial charge in [-0.05, 0) is 50.2 Å². The Morgan fingerprint density at radius 2 is 1.95 bits per heavy atom. The van der Waals surface area contributed by atoms with Crippen LogP contribution in [-0.2, 0) is 10.0 Å². The van der Waals surface area contributed by atoms with Crippen molar-refractivity contribution in [2.45, 2.75) is 57.9 Å². The molecule has 1 unspecified atom stereocenters. The number of sulfonamides is 1. The van der Waals surface area contributed by atoms with Crippen molar-refractivity contribution in [3.05, 3.63) is 29.3 Å². The minimum Gasteiger partial charge on any atom is -0.208 e. The lowest BCUT2D eigenvalue weighted by atomic mass is 9.92. The molecule has 1 saturated carbocycles. The van der Waals surface area contributed by atoms with Crippen molar-refractivity contribution in [3.63, 3.8) is 0 Å². The van der Waals surface area contributed by atoms with E-state index in [0.717, 1.165) is 30.4 Å². The van der Waals surface area contributed by atoms with Crippen LogP contribution in [0.25, 0.3) is 0 Å². The van der Waals surface area contributed by atoms with Gasteiger partial charge < -0.3 is 0 Å². The van der Waals surface area contributed by atoms with E-state index in [4.69, 9.17) is 0 Å². The van der Waals surface area contributed by atoms with E-state index in [1.807, 2.05) is 26.0 Å². The topological polar surface area (TPSA) is 46.2 Å². The Kier molecular flexibility index (Phi) is 3.76. The Morgan fingerprint density at radius 1 is 1.26 bits per heavy atom. The van der Waals surface area contributed by atoms with E-state index in [9.17, 15) is 8.42 Å². The summed E-state index contributed by atoms with van der Waals surface area (Å²) in [6.45, 7) is 8.20. The maximum absolute atomic E-state index is 12.4. The minimum absolute atomic E-state index is 0.0701. The summed E-state index contributed by atoms with van der Waals surface area (Å²) in [6.07, 6.45) is 2.92. The molecule has 1 fully saturated rings. The van der Waals surface area contributed by atoms with Gasteiger partial charge in [0.2, 0.25) is 10.0 Å². The maximum atomic E-state index is 12.4. The Labute approximate surface area is 116 Å². The van der Waals surface area contributed by atoms with Crippen molar-refractivity contribution in [2.75, 3.05) is 0 Å². The first-order valence-electron chi connectivity index (χ1n) is 6.79. The second-order valence-electron chi connectivity index (χ2n) is 6.49. The zero-order valence-electron chi connectivity index (χ0n) is 12.2. The van der Waals surface area contributed by atoms with Crippen LogP contribution >= 0.6 is 0 Å². The number of rotatable bonds is 3. The van der Waals surface area contributed by atoms with Crippen molar-refractivity contribution >= 4 is 10.0 Å². The van der Waals surface area contributed by atoms with Crippen molar-refractivity contribution in [2.24, 2.45) is 5.41 Å². The summed E-state index contributed by atoms with van der Waals surface area (Å²) in [6, 6.07) is 5.53. The van der Waals surface area contributed by atoms with Crippen LogP contribution in [0.5, 0.6) is 0 Å². The van der Waals surface area contributed by atoms with Gasteiger partial charge in [0.1, 0.15) is 0 Å². The smallest absolute Gasteiger partial charge is 0.208 e. The van der Waals surface area contributed by atoms with Crippen LogP contribution < -0.4 is 4.72 Å². The fraction of sp³-hybridized carbons (Fsp3) is 0.600. The first kappa shape index (κ1) is 14.5. The van der Waals surface area contributed by atoms with Gasteiger partial charge >= 0.3 is 0 Å². The summed E-state index contributed by atoms with van der Waals surface area (Å²) in [7, 11) is -3.39. The average Bonchev–Trinajstić information content (AvgIpc) is 2.56. The summed E-state index contributed by atoms with van der Waals surface area (Å²) in [5.74, 6) is 0. The lowest BCUT2D eigenvalue weighted by molar-refractivity contribution is 0.372. The third kappa shape index (κ3) is 3.37. The number of benzene rings is 1. The van der Waals surface area contributed by atoms with Gasteiger partial charge in [0.15, 0.2) is 0 Å². The van der Waals surface area contributed by atoms with Crippen LogP contribution in [0.15, 0.2) is 23.1 Å². The maximum Gasteiger partial charge on any atom is 0.241 e. The number of hydrogen-bond donors (Lipinski definition) is 1. The van der Waals surface area contributed by atoms with Crippen molar-refractivity contribution in [1.82, 2.24) is 4.72 Å². The number of hydrogen-bond acceptors (Lipinski definition) is 2. The van der Waals surface area contributed by atoms with Crippen LogP contribution in [0, 0.1) is 19.3 Å². The molecule has 3 nitrogen and oxygen atoms in total. The Bertz CT molecular complexity index is 576. The van der Waals surface area contributed by atoms with Gasteiger partial charge in [0.05, 0.1) is 4.90 Å². The standard InChI is InChI=1S/C15H23NO2S/c1-11-5-6-14(12(2)9-11)19(17,18)16-13-7-8-15(3,4)10-13/h5-6,9,13,16H,7-8,10H2,1-4H3. The van der Waals surface area contributed by atoms with Gasteiger partial charge in [-0.15, -0.1) is 0 Å². The highest BCUT2D eigenvalue weighted by Gasteiger charge is 2.33. The fourth-order valence-corrected chi connectivity index (χ4v) is 4.42. The number of nitrogens with one attached hydrogen (secondary N) is 1. The Hall–Kier alpha value is -0.870. The molecule has 19 heavy (non-hydrogen) atoms. The van der Waals surface area contributed by atoms with E-state index in [0.29, 0.717) is 4.90 Å². The van der Waals surface area contributed by atoms with Gasteiger partial charge in [0.25, 0.3) is 0 Å². The fourth-order valence-electron chi connectivity index (χ4n) is 2.92. The molecule has 0 heterocycles. The Balaban J connectivity index is 2.19. The van der Waals surface area contributed by atoms with Crippen molar-refractivity contribution < 1.29 is 8.42 Å². The second kappa shape index (κ2) is 4.91. The molecule has 0 radical (unpaired) electrons. The molecule has 0 spiro atoms. The largest absolute Gasteiger partial charge is 0.241 e. The van der Waals surface area contributed by atoms with Crippen LogP contribution in [0.2, 0.25) is 0 Å². The third-order valence-electron chi connectivity index (χ3n) is 3.91. The molecule has 1 aliphatic carbocycles. The van der Waals surface area contributed by atoms with Crippen LogP contribution in [0.1, 0.15) is 44.2 Å². The zero-order chi connectivity index (χ0) is 14.3. The molecule has 0 saturated heterocycles. The van der Waals surface area contributed by atoms with Gasteiger partial charge in [-0.3, -0.25) is 0 Å². The predicted molar refractivity (Wildman–Crippen MR) is 77.7 cm³/mol. The third-order valence-corrected chi connectivity index (χ3v) is 5.59. The summed E-state index contributed by atoms with van der Waals surface area (Å²) >= 11 is 0. The molecule has 4 heteroatoms. The second-order valence-corrected chi connectivity index (χ2v) is 8.18. The zero-order valence-corrected chi connectivity index (χ0v) is 13.0. The SMILES string of the molecule is Cc1ccc(S(=O)(=O)NC2CCC(C)(C)C2)c(C)c1. The molecule has 0 amide bonds. The quantitative estimate of drug-likeness (QED) is 0.925. The molecule has 1 aromatic carbocycles. The van der Waals surface area contributed by atoms with Gasteiger partial charge in [-0.25, -0.2) is 13.1 Å². The van der Waals surface area contributed by atoms with Gasteiger partial charge in [0, 0.05) is 6.04 Å². The van der Waals surface area contributed by atoms with E-state index in [2.05, 4.69) is 18.6 Å². The molecule has 1 N–H and O–H groups in total. The molecule has 0 bridgehead atoms. The highest BCUT2D eigenvalue weighted by atomic mass is 32.2. The average molecular weight is 281 g/mol. The monoisotopic (exact) mass is 281 g/mol. The predicted octanol–water partition coefficient (Wildman–Crippen LogP) is 3.16. The molecule has 1 aliphatic rings. The molecule has 1 aromatic rings. The Morgan fingerprint density at radius 3 is 2.47 bits per heavy atom. The highest BCUT2D eigenvalue weighted by Crippen LogP contribution is 2.37. The first-order valence-corrected chi connectivity index (χ1v) is 8.28. The molecular weight excluding hydrogens is 258 g/mol. The summed E-state index contributed by atoms with van der Waals surface area (Å²) in [5.41, 5.74) is 2.14. The lowest BCUT2D eigenvalue weighted by Crippen LogP contribution is -2.33. The minimum atomic E-state index is -3.39. The highest BCUT2D eigenvalue weighted by molar-refractivity contribution is 7.89. The van der Waals surface area contributed by atoms with Crippen LogP contribution in [0.3, 0.4) is 0 Å². The molecule has 0 aromatic heterocycles. The van der Waals surface area contributed by atoms with E-state index >= 15 is 0 Å². The molecule has 106 valence electrons. The molecular formula is C15H23NO2S.